The van der Waals surface area contributed by atoms with Crippen LogP contribution in [-0.4, -0.2) is 23.3 Å². The minimum absolute atomic E-state index is 0.0990. The summed E-state index contributed by atoms with van der Waals surface area (Å²) in [7, 11) is 0. The first-order valence-corrected chi connectivity index (χ1v) is 7.94. The molecular formula is C18H20N2O3. The largest absolute Gasteiger partial charge is 0.463 e. The molecule has 0 spiro atoms. The molecule has 0 radical (unpaired) electrons. The Kier molecular flexibility index (Phi) is 4.28. The van der Waals surface area contributed by atoms with E-state index in [4.69, 9.17) is 4.74 Å². The lowest BCUT2D eigenvalue weighted by Crippen LogP contribution is -2.34. The molecule has 1 aliphatic heterocycles. The molecule has 0 fully saturated rings. The van der Waals surface area contributed by atoms with Crippen LogP contribution in [0.2, 0.25) is 0 Å². The molecule has 1 aromatic rings. The van der Waals surface area contributed by atoms with Gasteiger partial charge >= 0.3 is 5.97 Å². The first-order valence-electron chi connectivity index (χ1n) is 7.94. The molecule has 23 heavy (non-hydrogen) atoms. The molecule has 120 valence electrons. The third-order valence-corrected chi connectivity index (χ3v) is 4.29. The summed E-state index contributed by atoms with van der Waals surface area (Å²) in [6.07, 6.45) is 5.59. The van der Waals surface area contributed by atoms with E-state index in [1.54, 1.807) is 19.3 Å². The number of nitrogens with zero attached hydrogens (tertiary/aromatic N) is 1. The second-order valence-corrected chi connectivity index (χ2v) is 5.77. The summed E-state index contributed by atoms with van der Waals surface area (Å²) in [5, 5.41) is 3.26. The van der Waals surface area contributed by atoms with E-state index in [0.29, 0.717) is 24.2 Å². The number of carbonyl (C=O) groups excluding carboxylic acids is 2. The average Bonchev–Trinajstić information content (AvgIpc) is 2.54. The van der Waals surface area contributed by atoms with E-state index in [9.17, 15) is 9.59 Å². The van der Waals surface area contributed by atoms with E-state index in [-0.39, 0.29) is 11.8 Å². The van der Waals surface area contributed by atoms with Gasteiger partial charge < -0.3 is 10.1 Å². The number of nitrogens with one attached hydrogen (secondary N) is 1. The first-order chi connectivity index (χ1) is 11.1. The molecule has 0 saturated heterocycles. The number of hydrogen-bond donors (Lipinski definition) is 1. The number of Topliss-reactive ketones (excluding diaryl/α,β-unsaturated/α-hetero) is 1. The molecule has 1 atom stereocenters. The molecule has 5 nitrogen and oxygen atoms in total. The number of pyridine rings is 1. The number of ketones is 1. The fraction of sp³-hybridized carbons (Fsp3) is 0.389. The number of rotatable bonds is 3. The molecule has 1 N–H and O–H groups in total. The van der Waals surface area contributed by atoms with Crippen molar-refractivity contribution >= 4 is 11.8 Å². The second kappa shape index (κ2) is 6.36. The van der Waals surface area contributed by atoms with Crippen LogP contribution in [0.1, 0.15) is 44.6 Å². The molecule has 1 aliphatic carbocycles. The standard InChI is InChI=1S/C18H20N2O3/c1-3-23-18(22)15-11(2)20-13-7-4-8-14(21)17(13)16(15)12-6-5-9-19-10-12/h5-6,9-10,16,20H,3-4,7-8H2,1-2H3/t16-/m0/s1. The molecule has 1 aromatic heterocycles. The van der Waals surface area contributed by atoms with Crippen LogP contribution in [0.15, 0.2) is 47.1 Å². The average molecular weight is 312 g/mol. The van der Waals surface area contributed by atoms with Gasteiger partial charge in [0.2, 0.25) is 0 Å². The van der Waals surface area contributed by atoms with Crippen LogP contribution in [0.25, 0.3) is 0 Å². The maximum Gasteiger partial charge on any atom is 0.336 e. The summed E-state index contributed by atoms with van der Waals surface area (Å²) in [6.45, 7) is 3.94. The maximum absolute atomic E-state index is 12.6. The summed E-state index contributed by atoms with van der Waals surface area (Å²) in [5.74, 6) is -0.676. The Morgan fingerprint density at radius 2 is 2.26 bits per heavy atom. The van der Waals surface area contributed by atoms with Crippen molar-refractivity contribution in [3.63, 3.8) is 0 Å². The first kappa shape index (κ1) is 15.5. The zero-order chi connectivity index (χ0) is 16.4. The third-order valence-electron chi connectivity index (χ3n) is 4.29. The Morgan fingerprint density at radius 1 is 1.43 bits per heavy atom. The van der Waals surface area contributed by atoms with Crippen LogP contribution < -0.4 is 5.32 Å². The summed E-state index contributed by atoms with van der Waals surface area (Å²) in [6, 6.07) is 3.73. The minimum Gasteiger partial charge on any atom is -0.463 e. The van der Waals surface area contributed by atoms with Gasteiger partial charge in [-0.25, -0.2) is 4.79 Å². The summed E-state index contributed by atoms with van der Waals surface area (Å²) in [4.78, 5) is 29.2. The molecule has 3 rings (SSSR count). The van der Waals surface area contributed by atoms with Gasteiger partial charge in [0.25, 0.3) is 0 Å². The van der Waals surface area contributed by atoms with E-state index >= 15 is 0 Å². The normalized spacial score (nSPS) is 21.0. The minimum atomic E-state index is -0.396. The fourth-order valence-corrected chi connectivity index (χ4v) is 3.34. The van der Waals surface area contributed by atoms with Crippen LogP contribution in [0.5, 0.6) is 0 Å². The van der Waals surface area contributed by atoms with Gasteiger partial charge in [-0.2, -0.15) is 0 Å². The lowest BCUT2D eigenvalue weighted by molar-refractivity contribution is -0.138. The van der Waals surface area contributed by atoms with Crippen LogP contribution in [0, 0.1) is 0 Å². The highest BCUT2D eigenvalue weighted by Gasteiger charge is 2.39. The van der Waals surface area contributed by atoms with Crippen molar-refractivity contribution in [2.45, 2.75) is 39.0 Å². The van der Waals surface area contributed by atoms with E-state index < -0.39 is 5.92 Å². The van der Waals surface area contributed by atoms with Crippen molar-refractivity contribution in [1.29, 1.82) is 0 Å². The Labute approximate surface area is 135 Å². The van der Waals surface area contributed by atoms with Crippen molar-refractivity contribution in [3.8, 4) is 0 Å². The van der Waals surface area contributed by atoms with Crippen molar-refractivity contribution in [2.75, 3.05) is 6.61 Å². The fourth-order valence-electron chi connectivity index (χ4n) is 3.34. The molecule has 0 bridgehead atoms. The number of allylic oxidation sites excluding steroid dienone is 3. The van der Waals surface area contributed by atoms with Gasteiger partial charge in [-0.15, -0.1) is 0 Å². The third kappa shape index (κ3) is 2.79. The van der Waals surface area contributed by atoms with Gasteiger partial charge in [-0.05, 0) is 38.3 Å². The van der Waals surface area contributed by atoms with E-state index in [1.807, 2.05) is 19.1 Å². The van der Waals surface area contributed by atoms with Gasteiger partial charge in [0.05, 0.1) is 12.2 Å². The molecule has 0 unspecified atom stereocenters. The highest BCUT2D eigenvalue weighted by Crippen LogP contribution is 2.42. The molecule has 2 aliphatic rings. The molecule has 2 heterocycles. The van der Waals surface area contributed by atoms with E-state index in [2.05, 4.69) is 10.3 Å². The number of hydrogen-bond acceptors (Lipinski definition) is 5. The van der Waals surface area contributed by atoms with Crippen LogP contribution >= 0.6 is 0 Å². The maximum atomic E-state index is 12.6. The van der Waals surface area contributed by atoms with Crippen LogP contribution in [-0.2, 0) is 14.3 Å². The number of carbonyl (C=O) groups is 2. The van der Waals surface area contributed by atoms with Crippen molar-refractivity contribution in [2.24, 2.45) is 0 Å². The predicted molar refractivity (Wildman–Crippen MR) is 85.3 cm³/mol. The highest BCUT2D eigenvalue weighted by molar-refractivity contribution is 6.03. The zero-order valence-corrected chi connectivity index (χ0v) is 13.4. The monoisotopic (exact) mass is 312 g/mol. The number of dihydropyridines is 1. The van der Waals surface area contributed by atoms with Crippen LogP contribution in [0.3, 0.4) is 0 Å². The van der Waals surface area contributed by atoms with E-state index in [0.717, 1.165) is 29.8 Å². The SMILES string of the molecule is CCOC(=O)C1=C(C)NC2=C(C(=O)CCC2)[C@H]1c1cccnc1. The highest BCUT2D eigenvalue weighted by atomic mass is 16.5. The number of aromatic nitrogens is 1. The van der Waals surface area contributed by atoms with Crippen LogP contribution in [0.4, 0.5) is 0 Å². The molecular weight excluding hydrogens is 292 g/mol. The smallest absolute Gasteiger partial charge is 0.336 e. The number of ether oxygens (including phenoxy) is 1. The summed E-state index contributed by atoms with van der Waals surface area (Å²) >= 11 is 0. The Bertz CT molecular complexity index is 704. The topological polar surface area (TPSA) is 68.3 Å². The van der Waals surface area contributed by atoms with Gasteiger partial charge in [-0.1, -0.05) is 6.07 Å². The van der Waals surface area contributed by atoms with E-state index in [1.165, 1.54) is 0 Å². The van der Waals surface area contributed by atoms with Crippen molar-refractivity contribution in [1.82, 2.24) is 10.3 Å². The van der Waals surface area contributed by atoms with Gasteiger partial charge in [-0.3, -0.25) is 9.78 Å². The molecule has 0 amide bonds. The lowest BCUT2D eigenvalue weighted by Gasteiger charge is -2.33. The molecule has 0 saturated carbocycles. The lowest BCUT2D eigenvalue weighted by atomic mass is 9.75. The summed E-state index contributed by atoms with van der Waals surface area (Å²) < 4.78 is 5.23. The van der Waals surface area contributed by atoms with Crippen molar-refractivity contribution in [3.05, 3.63) is 52.6 Å². The molecule has 5 heteroatoms. The Hall–Kier alpha value is -2.43. The zero-order valence-electron chi connectivity index (χ0n) is 13.4. The second-order valence-electron chi connectivity index (χ2n) is 5.77. The Morgan fingerprint density at radius 3 is 2.96 bits per heavy atom. The van der Waals surface area contributed by atoms with Gasteiger partial charge in [0.1, 0.15) is 0 Å². The van der Waals surface area contributed by atoms with Gasteiger partial charge in [0, 0.05) is 41.7 Å². The van der Waals surface area contributed by atoms with Crippen molar-refractivity contribution < 1.29 is 14.3 Å². The summed E-state index contributed by atoms with van der Waals surface area (Å²) in [5.41, 5.74) is 3.73. The Balaban J connectivity index is 2.15. The number of esters is 1. The molecule has 0 aromatic carbocycles. The predicted octanol–water partition coefficient (Wildman–Crippen LogP) is 2.61. The van der Waals surface area contributed by atoms with Gasteiger partial charge in [0.15, 0.2) is 5.78 Å². The quantitative estimate of drug-likeness (QED) is 0.869.